The molecule has 4 heteroatoms. The van der Waals surface area contributed by atoms with Crippen LogP contribution in [-0.4, -0.2) is 18.4 Å². The van der Waals surface area contributed by atoms with E-state index in [4.69, 9.17) is 4.74 Å². The van der Waals surface area contributed by atoms with Gasteiger partial charge >= 0.3 is 5.97 Å². The van der Waals surface area contributed by atoms with Crippen LogP contribution in [0.4, 0.5) is 0 Å². The number of Topliss-reactive ketones (excluding diaryl/α,β-unsaturated/α-hetero) is 1. The van der Waals surface area contributed by atoms with Crippen LogP contribution < -0.4 is 5.32 Å². The summed E-state index contributed by atoms with van der Waals surface area (Å²) in [5.41, 5.74) is 6.13. The van der Waals surface area contributed by atoms with Gasteiger partial charge in [0.2, 0.25) is 0 Å². The Kier molecular flexibility index (Phi) is 5.02. The molecule has 144 valence electrons. The van der Waals surface area contributed by atoms with E-state index in [0.717, 1.165) is 40.1 Å². The van der Waals surface area contributed by atoms with Crippen LogP contribution in [0.1, 0.15) is 63.1 Å². The van der Waals surface area contributed by atoms with Gasteiger partial charge in [-0.25, -0.2) is 4.79 Å². The highest BCUT2D eigenvalue weighted by Crippen LogP contribution is 2.47. The van der Waals surface area contributed by atoms with E-state index >= 15 is 0 Å². The Morgan fingerprint density at radius 1 is 1.22 bits per heavy atom. The zero-order valence-corrected chi connectivity index (χ0v) is 17.2. The summed E-state index contributed by atoms with van der Waals surface area (Å²) < 4.78 is 5.36. The van der Waals surface area contributed by atoms with E-state index in [0.29, 0.717) is 18.6 Å². The fourth-order valence-electron chi connectivity index (χ4n) is 4.30. The second-order valence-electron chi connectivity index (χ2n) is 8.51. The number of allylic oxidation sites excluding steroid dienone is 3. The molecule has 1 aliphatic heterocycles. The summed E-state index contributed by atoms with van der Waals surface area (Å²) in [6.45, 7) is 12.3. The van der Waals surface area contributed by atoms with Crippen LogP contribution in [0, 0.1) is 19.3 Å². The Morgan fingerprint density at radius 3 is 2.59 bits per heavy atom. The lowest BCUT2D eigenvalue weighted by atomic mass is 9.68. The Labute approximate surface area is 161 Å². The summed E-state index contributed by atoms with van der Waals surface area (Å²) in [7, 11) is 0. The zero-order valence-electron chi connectivity index (χ0n) is 17.2. The van der Waals surface area contributed by atoms with Crippen molar-refractivity contribution < 1.29 is 14.3 Å². The van der Waals surface area contributed by atoms with Crippen LogP contribution in [0.5, 0.6) is 0 Å². The Bertz CT molecular complexity index is 874. The summed E-state index contributed by atoms with van der Waals surface area (Å²) in [4.78, 5) is 26.0. The molecule has 1 heterocycles. The average Bonchev–Trinajstić information content (AvgIpc) is 2.54. The minimum Gasteiger partial charge on any atom is -0.463 e. The van der Waals surface area contributed by atoms with E-state index in [1.807, 2.05) is 20.8 Å². The standard InChI is InChI=1S/C23H29NO3/c1-7-27-22(26)19-15(4)24-17-11-23(5,6)12-18(25)21(17)20(19)16-10-13(2)8-9-14(16)3/h8-10,20,24H,7,11-12H2,1-6H3/t20-/m1/s1. The monoisotopic (exact) mass is 367 g/mol. The number of rotatable bonds is 3. The fourth-order valence-corrected chi connectivity index (χ4v) is 4.30. The quantitative estimate of drug-likeness (QED) is 0.801. The highest BCUT2D eigenvalue weighted by Gasteiger charge is 2.43. The van der Waals surface area contributed by atoms with Gasteiger partial charge in [-0.1, -0.05) is 37.6 Å². The van der Waals surface area contributed by atoms with Crippen molar-refractivity contribution >= 4 is 11.8 Å². The van der Waals surface area contributed by atoms with Crippen LogP contribution in [0.2, 0.25) is 0 Å². The van der Waals surface area contributed by atoms with Crippen molar-refractivity contribution in [3.8, 4) is 0 Å². The molecule has 0 saturated heterocycles. The van der Waals surface area contributed by atoms with Gasteiger partial charge in [0.05, 0.1) is 12.2 Å². The number of benzene rings is 1. The number of esters is 1. The molecule has 1 aliphatic carbocycles. The van der Waals surface area contributed by atoms with Crippen molar-refractivity contribution in [2.45, 2.75) is 60.3 Å². The molecule has 3 rings (SSSR count). The maximum atomic E-state index is 13.2. The van der Waals surface area contributed by atoms with Crippen LogP contribution >= 0.6 is 0 Å². The number of carbonyl (C=O) groups excluding carboxylic acids is 2. The van der Waals surface area contributed by atoms with Gasteiger partial charge in [0, 0.05) is 29.3 Å². The number of aryl methyl sites for hydroxylation is 2. The molecule has 1 aromatic carbocycles. The van der Waals surface area contributed by atoms with Crippen LogP contribution in [0.15, 0.2) is 40.7 Å². The van der Waals surface area contributed by atoms with Gasteiger partial charge < -0.3 is 10.1 Å². The first-order valence-corrected chi connectivity index (χ1v) is 9.63. The molecule has 0 bridgehead atoms. The molecular weight excluding hydrogens is 338 g/mol. The van der Waals surface area contributed by atoms with E-state index < -0.39 is 0 Å². The summed E-state index contributed by atoms with van der Waals surface area (Å²) >= 11 is 0. The van der Waals surface area contributed by atoms with Gasteiger partial charge in [-0.2, -0.15) is 0 Å². The highest BCUT2D eigenvalue weighted by atomic mass is 16.5. The van der Waals surface area contributed by atoms with Crippen molar-refractivity contribution in [3.63, 3.8) is 0 Å². The maximum absolute atomic E-state index is 13.2. The smallest absolute Gasteiger partial charge is 0.336 e. The number of ketones is 1. The van der Waals surface area contributed by atoms with E-state index in [-0.39, 0.29) is 23.1 Å². The topological polar surface area (TPSA) is 55.4 Å². The highest BCUT2D eigenvalue weighted by molar-refractivity contribution is 6.04. The van der Waals surface area contributed by atoms with Gasteiger partial charge in [-0.3, -0.25) is 4.79 Å². The largest absolute Gasteiger partial charge is 0.463 e. The zero-order chi connectivity index (χ0) is 19.9. The molecule has 0 radical (unpaired) electrons. The second kappa shape index (κ2) is 6.99. The number of carbonyl (C=O) groups is 2. The van der Waals surface area contributed by atoms with Gasteiger partial charge in [-0.05, 0) is 50.7 Å². The molecule has 4 nitrogen and oxygen atoms in total. The minimum absolute atomic E-state index is 0.0865. The van der Waals surface area contributed by atoms with Gasteiger partial charge in [0.25, 0.3) is 0 Å². The lowest BCUT2D eigenvalue weighted by Crippen LogP contribution is -2.38. The third-order valence-electron chi connectivity index (χ3n) is 5.48. The molecule has 0 unspecified atom stereocenters. The number of nitrogens with one attached hydrogen (secondary N) is 1. The first-order valence-electron chi connectivity index (χ1n) is 9.63. The first kappa shape index (κ1) is 19.4. The SMILES string of the molecule is CCOC(=O)C1=C(C)NC2=C(C(=O)CC(C)(C)C2)[C@@H]1c1cc(C)ccc1C. The fraction of sp³-hybridized carbons (Fsp3) is 0.478. The van der Waals surface area contributed by atoms with Crippen LogP contribution in [-0.2, 0) is 14.3 Å². The lowest BCUT2D eigenvalue weighted by Gasteiger charge is -2.39. The minimum atomic E-state index is -0.371. The molecule has 0 spiro atoms. The van der Waals surface area contributed by atoms with Gasteiger partial charge in [0.15, 0.2) is 5.78 Å². The molecule has 2 aliphatic rings. The molecule has 0 amide bonds. The second-order valence-corrected chi connectivity index (χ2v) is 8.51. The van der Waals surface area contributed by atoms with E-state index in [2.05, 4.69) is 37.4 Å². The van der Waals surface area contributed by atoms with Crippen LogP contribution in [0.3, 0.4) is 0 Å². The third kappa shape index (κ3) is 3.58. The molecule has 0 aromatic heterocycles. The van der Waals surface area contributed by atoms with Crippen molar-refractivity contribution in [2.75, 3.05) is 6.61 Å². The number of hydrogen-bond acceptors (Lipinski definition) is 4. The summed E-state index contributed by atoms with van der Waals surface area (Å²) in [6, 6.07) is 6.21. The Morgan fingerprint density at radius 2 is 1.93 bits per heavy atom. The van der Waals surface area contributed by atoms with E-state index in [1.54, 1.807) is 6.92 Å². The Hall–Kier alpha value is -2.36. The number of ether oxygens (including phenoxy) is 1. The van der Waals surface area contributed by atoms with Crippen molar-refractivity contribution in [1.82, 2.24) is 5.32 Å². The molecule has 0 fully saturated rings. The van der Waals surface area contributed by atoms with Crippen molar-refractivity contribution in [1.29, 1.82) is 0 Å². The number of dihydropyridines is 1. The maximum Gasteiger partial charge on any atom is 0.336 e. The first-order chi connectivity index (χ1) is 12.6. The molecule has 0 saturated carbocycles. The average molecular weight is 367 g/mol. The molecule has 1 N–H and O–H groups in total. The molecule has 1 aromatic rings. The molecule has 1 atom stereocenters. The lowest BCUT2D eigenvalue weighted by molar-refractivity contribution is -0.138. The summed E-state index contributed by atoms with van der Waals surface area (Å²) in [5, 5.41) is 3.37. The van der Waals surface area contributed by atoms with Crippen molar-refractivity contribution in [2.24, 2.45) is 5.41 Å². The van der Waals surface area contributed by atoms with Crippen molar-refractivity contribution in [3.05, 3.63) is 57.4 Å². The van der Waals surface area contributed by atoms with E-state index in [1.165, 1.54) is 0 Å². The third-order valence-corrected chi connectivity index (χ3v) is 5.48. The Balaban J connectivity index is 2.24. The van der Waals surface area contributed by atoms with Gasteiger partial charge in [-0.15, -0.1) is 0 Å². The molecular formula is C23H29NO3. The summed E-state index contributed by atoms with van der Waals surface area (Å²) in [5.74, 6) is -0.602. The van der Waals surface area contributed by atoms with Gasteiger partial charge in [0.1, 0.15) is 0 Å². The number of hydrogen-bond donors (Lipinski definition) is 1. The predicted molar refractivity (Wildman–Crippen MR) is 106 cm³/mol. The van der Waals surface area contributed by atoms with E-state index in [9.17, 15) is 9.59 Å². The summed E-state index contributed by atoms with van der Waals surface area (Å²) in [6.07, 6.45) is 1.28. The molecule has 27 heavy (non-hydrogen) atoms. The normalized spacial score (nSPS) is 21.7. The van der Waals surface area contributed by atoms with Crippen LogP contribution in [0.25, 0.3) is 0 Å². The predicted octanol–water partition coefficient (Wildman–Crippen LogP) is 4.47.